The molecule has 0 saturated carbocycles. The molecule has 1 aliphatic heterocycles. The van der Waals surface area contributed by atoms with Crippen LogP contribution in [-0.4, -0.2) is 17.5 Å². The van der Waals surface area contributed by atoms with Crippen molar-refractivity contribution in [2.75, 3.05) is 5.75 Å². The van der Waals surface area contributed by atoms with Crippen LogP contribution in [0.15, 0.2) is 23.3 Å². The molecule has 0 aromatic rings. The second kappa shape index (κ2) is 3.18. The highest BCUT2D eigenvalue weighted by atomic mass is 32.1. The molecule has 1 fully saturated rings. The lowest BCUT2D eigenvalue weighted by Crippen LogP contribution is -2.14. The third kappa shape index (κ3) is 1.57. The summed E-state index contributed by atoms with van der Waals surface area (Å²) >= 11 is 4.27. The van der Waals surface area contributed by atoms with Gasteiger partial charge in [0.25, 0.3) is 0 Å². The van der Waals surface area contributed by atoms with Gasteiger partial charge >= 0.3 is 0 Å². The average molecular weight is 196 g/mol. The molecule has 0 spiro atoms. The van der Waals surface area contributed by atoms with Crippen LogP contribution in [0.1, 0.15) is 26.7 Å². The molecule has 2 heteroatoms. The van der Waals surface area contributed by atoms with Gasteiger partial charge in [0.05, 0.1) is 6.10 Å². The summed E-state index contributed by atoms with van der Waals surface area (Å²) in [5.74, 6) is 0.886. The Morgan fingerprint density at radius 1 is 1.54 bits per heavy atom. The van der Waals surface area contributed by atoms with Gasteiger partial charge in [-0.1, -0.05) is 17.7 Å². The van der Waals surface area contributed by atoms with Crippen LogP contribution >= 0.6 is 12.6 Å². The van der Waals surface area contributed by atoms with Crippen molar-refractivity contribution in [3.63, 3.8) is 0 Å². The summed E-state index contributed by atoms with van der Waals surface area (Å²) in [4.78, 5) is 0. The molecular formula is C11H16OS. The third-order valence-corrected chi connectivity index (χ3v) is 3.62. The van der Waals surface area contributed by atoms with Crippen molar-refractivity contribution in [1.82, 2.24) is 0 Å². The smallest absolute Gasteiger partial charge is 0.113 e. The highest BCUT2D eigenvalue weighted by Crippen LogP contribution is 2.45. The molecule has 0 amide bonds. The number of epoxide rings is 1. The Balaban J connectivity index is 2.11. The quantitative estimate of drug-likeness (QED) is 0.529. The van der Waals surface area contributed by atoms with Gasteiger partial charge in [-0.2, -0.15) is 12.6 Å². The summed E-state index contributed by atoms with van der Waals surface area (Å²) < 4.78 is 5.60. The molecule has 1 nitrogen and oxygen atoms in total. The maximum atomic E-state index is 5.60. The largest absolute Gasteiger partial charge is 0.362 e. The van der Waals surface area contributed by atoms with Crippen molar-refractivity contribution in [3.8, 4) is 0 Å². The number of rotatable bonds is 2. The number of allylic oxidation sites excluding steroid dienone is 2. The van der Waals surface area contributed by atoms with E-state index < -0.39 is 0 Å². The van der Waals surface area contributed by atoms with E-state index in [0.29, 0.717) is 6.10 Å². The van der Waals surface area contributed by atoms with Crippen LogP contribution in [0.2, 0.25) is 0 Å². The van der Waals surface area contributed by atoms with E-state index in [1.165, 1.54) is 11.1 Å². The molecule has 1 saturated heterocycles. The molecule has 2 rings (SSSR count). The van der Waals surface area contributed by atoms with Crippen molar-refractivity contribution in [3.05, 3.63) is 23.3 Å². The highest BCUT2D eigenvalue weighted by molar-refractivity contribution is 7.80. The molecule has 72 valence electrons. The predicted molar refractivity (Wildman–Crippen MR) is 58.2 cm³/mol. The summed E-state index contributed by atoms with van der Waals surface area (Å²) in [7, 11) is 0. The molecule has 0 aromatic carbocycles. The van der Waals surface area contributed by atoms with Crippen molar-refractivity contribution in [1.29, 1.82) is 0 Å². The normalized spacial score (nSPS) is 38.2. The lowest BCUT2D eigenvalue weighted by Gasteiger charge is -2.16. The molecule has 2 aliphatic rings. The van der Waals surface area contributed by atoms with E-state index in [9.17, 15) is 0 Å². The predicted octanol–water partition coefficient (Wildman–Crippen LogP) is 2.74. The van der Waals surface area contributed by atoms with Crippen LogP contribution in [0.5, 0.6) is 0 Å². The molecule has 0 bridgehead atoms. The standard InChI is InChI=1S/C11H16OS/c1-8-11(2,12-8)10-5-3-9(7-13)4-6-10/h3,5,8,13H,4,6-7H2,1-2H3. The Kier molecular flexibility index (Phi) is 2.28. The van der Waals surface area contributed by atoms with Gasteiger partial charge in [-0.3, -0.25) is 0 Å². The monoisotopic (exact) mass is 196 g/mol. The number of hydrogen-bond donors (Lipinski definition) is 1. The first-order chi connectivity index (χ1) is 6.16. The first kappa shape index (κ1) is 9.35. The Hall–Kier alpha value is -0.210. The number of ether oxygens (including phenoxy) is 1. The average Bonchev–Trinajstić information content (AvgIpc) is 2.76. The lowest BCUT2D eigenvalue weighted by molar-refractivity contribution is 0.335. The number of hydrogen-bond acceptors (Lipinski definition) is 2. The molecule has 2 atom stereocenters. The van der Waals surface area contributed by atoms with Crippen molar-refractivity contribution in [2.24, 2.45) is 0 Å². The van der Waals surface area contributed by atoms with E-state index in [4.69, 9.17) is 4.74 Å². The Bertz CT molecular complexity index is 280. The Labute approximate surface area is 85.3 Å². The molecule has 0 N–H and O–H groups in total. The van der Waals surface area contributed by atoms with E-state index in [0.717, 1.165) is 18.6 Å². The minimum absolute atomic E-state index is 0.0542. The molecule has 1 aliphatic carbocycles. The summed E-state index contributed by atoms with van der Waals surface area (Å²) in [6, 6.07) is 0. The lowest BCUT2D eigenvalue weighted by atomic mass is 9.89. The van der Waals surface area contributed by atoms with E-state index in [-0.39, 0.29) is 5.60 Å². The van der Waals surface area contributed by atoms with E-state index in [1.54, 1.807) is 0 Å². The van der Waals surface area contributed by atoms with Crippen LogP contribution in [0.4, 0.5) is 0 Å². The second-order valence-electron chi connectivity index (χ2n) is 4.04. The van der Waals surface area contributed by atoms with E-state index in [2.05, 4.69) is 38.6 Å². The van der Waals surface area contributed by atoms with Crippen molar-refractivity contribution >= 4 is 12.6 Å². The maximum absolute atomic E-state index is 5.60. The van der Waals surface area contributed by atoms with Gasteiger partial charge in [-0.15, -0.1) is 0 Å². The first-order valence-corrected chi connectivity index (χ1v) is 5.48. The van der Waals surface area contributed by atoms with Crippen LogP contribution in [0.3, 0.4) is 0 Å². The molecule has 0 aromatic heterocycles. The maximum Gasteiger partial charge on any atom is 0.113 e. The van der Waals surface area contributed by atoms with Gasteiger partial charge in [0.1, 0.15) is 5.60 Å². The molecule has 13 heavy (non-hydrogen) atoms. The van der Waals surface area contributed by atoms with E-state index in [1.807, 2.05) is 0 Å². The summed E-state index contributed by atoms with van der Waals surface area (Å²) in [6.45, 7) is 4.32. The van der Waals surface area contributed by atoms with Crippen LogP contribution in [0, 0.1) is 0 Å². The van der Waals surface area contributed by atoms with Crippen LogP contribution in [0.25, 0.3) is 0 Å². The Morgan fingerprint density at radius 3 is 2.62 bits per heavy atom. The van der Waals surface area contributed by atoms with Crippen molar-refractivity contribution < 1.29 is 4.74 Å². The summed E-state index contributed by atoms with van der Waals surface area (Å²) in [5, 5.41) is 0. The summed E-state index contributed by atoms with van der Waals surface area (Å²) in [6.07, 6.45) is 7.13. The zero-order chi connectivity index (χ0) is 9.47. The first-order valence-electron chi connectivity index (χ1n) is 4.84. The fourth-order valence-corrected chi connectivity index (χ4v) is 2.16. The van der Waals surface area contributed by atoms with Gasteiger partial charge in [-0.25, -0.2) is 0 Å². The fraction of sp³-hybridized carbons (Fsp3) is 0.636. The van der Waals surface area contributed by atoms with Crippen molar-refractivity contribution in [2.45, 2.75) is 38.4 Å². The molecule has 2 unspecified atom stereocenters. The molecule has 0 radical (unpaired) electrons. The van der Waals surface area contributed by atoms with E-state index >= 15 is 0 Å². The van der Waals surface area contributed by atoms with Gasteiger partial charge in [0.15, 0.2) is 0 Å². The minimum Gasteiger partial charge on any atom is -0.362 e. The Morgan fingerprint density at radius 2 is 2.23 bits per heavy atom. The zero-order valence-electron chi connectivity index (χ0n) is 8.21. The van der Waals surface area contributed by atoms with Gasteiger partial charge in [0.2, 0.25) is 0 Å². The highest BCUT2D eigenvalue weighted by Gasteiger charge is 2.51. The topological polar surface area (TPSA) is 12.5 Å². The zero-order valence-corrected chi connectivity index (χ0v) is 9.10. The van der Waals surface area contributed by atoms with Gasteiger partial charge in [-0.05, 0) is 32.3 Å². The molecule has 1 heterocycles. The third-order valence-electron chi connectivity index (χ3n) is 3.22. The minimum atomic E-state index is 0.0542. The fourth-order valence-electron chi connectivity index (χ4n) is 1.90. The van der Waals surface area contributed by atoms with Crippen LogP contribution < -0.4 is 0 Å². The SMILES string of the molecule is CC1OC1(C)C1=CC=C(CS)CC1. The van der Waals surface area contributed by atoms with Gasteiger partial charge < -0.3 is 4.74 Å². The van der Waals surface area contributed by atoms with Gasteiger partial charge in [0, 0.05) is 5.75 Å². The second-order valence-corrected chi connectivity index (χ2v) is 4.36. The van der Waals surface area contributed by atoms with Crippen LogP contribution in [-0.2, 0) is 4.74 Å². The number of thiol groups is 1. The molecular weight excluding hydrogens is 180 g/mol. The summed E-state index contributed by atoms with van der Waals surface area (Å²) in [5.41, 5.74) is 2.94.